The number of carbonyl (C=O) groups is 2. The highest BCUT2D eigenvalue weighted by atomic mass is 17.2. The summed E-state index contributed by atoms with van der Waals surface area (Å²) in [7, 11) is 6.14. The molecule has 12 heteroatoms. The van der Waals surface area contributed by atoms with E-state index in [0.717, 1.165) is 36.8 Å². The molecule has 2 bridgehead atoms. The van der Waals surface area contributed by atoms with Gasteiger partial charge < -0.3 is 38.3 Å². The Morgan fingerprint density at radius 1 is 0.849 bits per heavy atom. The summed E-state index contributed by atoms with van der Waals surface area (Å²) in [6.07, 6.45) is 5.46. The fourth-order valence-electron chi connectivity index (χ4n) is 9.73. The van der Waals surface area contributed by atoms with Gasteiger partial charge in [0.1, 0.15) is 17.3 Å². The van der Waals surface area contributed by atoms with Crippen LogP contribution < -0.4 is 18.9 Å². The molecule has 3 aliphatic heterocycles. The van der Waals surface area contributed by atoms with Gasteiger partial charge in [0.2, 0.25) is 12.0 Å². The number of fused-ring (bicyclic) bond motifs is 3. The second-order valence-electron chi connectivity index (χ2n) is 15.5. The summed E-state index contributed by atoms with van der Waals surface area (Å²) in [5, 5.41) is 10.7. The Hall–Kier alpha value is -4.00. The summed E-state index contributed by atoms with van der Waals surface area (Å²) in [4.78, 5) is 39.0. The molecule has 9 atom stereocenters. The van der Waals surface area contributed by atoms with Crippen LogP contribution in [0, 0.1) is 23.7 Å². The second kappa shape index (κ2) is 14.7. The number of hydrogen-bond acceptors (Lipinski definition) is 12. The predicted octanol–water partition coefficient (Wildman–Crippen LogP) is 6.71. The van der Waals surface area contributed by atoms with E-state index < -0.39 is 35.5 Å². The first-order valence-electron chi connectivity index (χ1n) is 18.8. The quantitative estimate of drug-likeness (QED) is 0.205. The van der Waals surface area contributed by atoms with Crippen molar-refractivity contribution in [1.29, 1.82) is 0 Å². The highest BCUT2D eigenvalue weighted by molar-refractivity contribution is 5.86. The van der Waals surface area contributed by atoms with Crippen molar-refractivity contribution in [3.63, 3.8) is 0 Å². The van der Waals surface area contributed by atoms with Gasteiger partial charge >= 0.3 is 11.9 Å². The Morgan fingerprint density at radius 2 is 1.58 bits per heavy atom. The number of methoxy groups -OCH3 is 4. The van der Waals surface area contributed by atoms with Crippen LogP contribution in [0.25, 0.3) is 5.57 Å². The van der Waals surface area contributed by atoms with E-state index in [2.05, 4.69) is 20.8 Å². The highest BCUT2D eigenvalue weighted by Gasteiger charge is 2.68. The first-order chi connectivity index (χ1) is 25.4. The molecule has 12 nitrogen and oxygen atoms in total. The molecular formula is C41H52O12. The third-order valence-corrected chi connectivity index (χ3v) is 12.4. The maximum absolute atomic E-state index is 13.3. The van der Waals surface area contributed by atoms with Crippen LogP contribution in [0.2, 0.25) is 0 Å². The molecule has 1 spiro atoms. The Bertz CT molecular complexity index is 1750. The Morgan fingerprint density at radius 3 is 2.28 bits per heavy atom. The number of phenols is 1. The van der Waals surface area contributed by atoms with Gasteiger partial charge in [0.05, 0.1) is 47.4 Å². The van der Waals surface area contributed by atoms with E-state index in [1.54, 1.807) is 33.5 Å². The zero-order valence-electron chi connectivity index (χ0n) is 31.7. The lowest BCUT2D eigenvalue weighted by molar-refractivity contribution is -0.494. The van der Waals surface area contributed by atoms with E-state index in [-0.39, 0.29) is 36.5 Å². The van der Waals surface area contributed by atoms with Crippen LogP contribution in [-0.2, 0) is 40.0 Å². The average molecular weight is 737 g/mol. The van der Waals surface area contributed by atoms with Crippen molar-refractivity contribution in [2.24, 2.45) is 23.7 Å². The smallest absolute Gasteiger partial charge is 0.308 e. The molecule has 6 aliphatic rings. The number of rotatable bonds is 10. The second-order valence-corrected chi connectivity index (χ2v) is 15.5. The zero-order chi connectivity index (χ0) is 37.7. The lowest BCUT2D eigenvalue weighted by Gasteiger charge is -2.60. The van der Waals surface area contributed by atoms with Crippen molar-refractivity contribution in [3.8, 4) is 28.7 Å². The Balaban J connectivity index is 1.06. The van der Waals surface area contributed by atoms with Crippen LogP contribution in [-0.4, -0.2) is 75.2 Å². The van der Waals surface area contributed by atoms with Crippen molar-refractivity contribution < 1.29 is 57.6 Å². The molecule has 8 rings (SSSR count). The number of benzene rings is 2. The lowest BCUT2D eigenvalue weighted by atomic mass is 9.56. The molecule has 2 saturated carbocycles. The molecule has 2 unspecified atom stereocenters. The number of phenolic OH excluding ortho intramolecular Hbond substituents is 1. The van der Waals surface area contributed by atoms with Crippen LogP contribution in [0.15, 0.2) is 30.3 Å². The minimum atomic E-state index is -0.740. The van der Waals surface area contributed by atoms with Gasteiger partial charge in [-0.3, -0.25) is 9.59 Å². The van der Waals surface area contributed by atoms with Crippen molar-refractivity contribution in [1.82, 2.24) is 0 Å². The van der Waals surface area contributed by atoms with Crippen molar-refractivity contribution in [2.45, 2.75) is 108 Å². The van der Waals surface area contributed by atoms with Crippen molar-refractivity contribution >= 4 is 17.5 Å². The molecule has 0 amide bonds. The van der Waals surface area contributed by atoms with E-state index >= 15 is 0 Å². The largest absolute Gasteiger partial charge is 0.504 e. The first kappa shape index (κ1) is 37.3. The molecule has 53 heavy (non-hydrogen) atoms. The maximum atomic E-state index is 13.3. The lowest BCUT2D eigenvalue weighted by Crippen LogP contribution is -2.69. The molecule has 0 radical (unpaired) electrons. The topological polar surface area (TPSA) is 137 Å². The minimum absolute atomic E-state index is 0.0397. The van der Waals surface area contributed by atoms with Gasteiger partial charge in [0.15, 0.2) is 23.0 Å². The number of ether oxygens (including phenoxy) is 7. The first-order valence-corrected chi connectivity index (χ1v) is 18.8. The zero-order valence-corrected chi connectivity index (χ0v) is 31.7. The molecule has 2 aromatic carbocycles. The minimum Gasteiger partial charge on any atom is -0.504 e. The monoisotopic (exact) mass is 736 g/mol. The molecule has 2 aromatic rings. The molecule has 1 N–H and O–H groups in total. The number of esters is 2. The summed E-state index contributed by atoms with van der Waals surface area (Å²) >= 11 is 0. The van der Waals surface area contributed by atoms with Gasteiger partial charge in [-0.1, -0.05) is 19.9 Å². The van der Waals surface area contributed by atoms with Crippen molar-refractivity contribution in [3.05, 3.63) is 47.0 Å². The van der Waals surface area contributed by atoms with E-state index in [0.29, 0.717) is 65.2 Å². The van der Waals surface area contributed by atoms with Crippen LogP contribution in [0.3, 0.4) is 0 Å². The van der Waals surface area contributed by atoms with Crippen molar-refractivity contribution in [2.75, 3.05) is 28.4 Å². The fraction of sp³-hybridized carbons (Fsp3) is 0.610. The highest BCUT2D eigenvalue weighted by Crippen LogP contribution is 2.61. The van der Waals surface area contributed by atoms with E-state index in [4.69, 9.17) is 42.9 Å². The van der Waals surface area contributed by atoms with Crippen LogP contribution in [0.4, 0.5) is 0 Å². The molecular weight excluding hydrogens is 684 g/mol. The van der Waals surface area contributed by atoms with Gasteiger partial charge in [0.25, 0.3) is 0 Å². The SMILES string of the molecule is COc1ccc(C2=CC(OC(=O)CCC(=O)O[C@@H]3O[C@@H]4C[C@]5(C)CC[C@H]6[C@H](C)CC[C@@H]([C@H]3C)C46OO5)CCc3c2cc(OC)c(OC)c3OC)cc1O. The van der Waals surface area contributed by atoms with Gasteiger partial charge in [-0.15, -0.1) is 0 Å². The number of aromatic hydroxyl groups is 1. The molecule has 3 saturated heterocycles. The summed E-state index contributed by atoms with van der Waals surface area (Å²) in [5.74, 6) is 1.48. The summed E-state index contributed by atoms with van der Waals surface area (Å²) in [6, 6.07) is 6.95. The van der Waals surface area contributed by atoms with Crippen LogP contribution >= 0.6 is 0 Å². The summed E-state index contributed by atoms with van der Waals surface area (Å²) in [5.41, 5.74) is 1.99. The Labute approximate surface area is 310 Å². The number of carbonyl (C=O) groups excluding carboxylic acids is 2. The van der Waals surface area contributed by atoms with Gasteiger partial charge in [-0.2, -0.15) is 0 Å². The normalized spacial score (nSPS) is 32.9. The van der Waals surface area contributed by atoms with Crippen LogP contribution in [0.1, 0.15) is 88.8 Å². The molecule has 3 aliphatic carbocycles. The third kappa shape index (κ3) is 6.61. The fourth-order valence-corrected chi connectivity index (χ4v) is 9.73. The van der Waals surface area contributed by atoms with E-state index in [1.165, 1.54) is 7.11 Å². The van der Waals surface area contributed by atoms with Gasteiger partial charge in [-0.05, 0) is 98.3 Å². The van der Waals surface area contributed by atoms with E-state index in [9.17, 15) is 14.7 Å². The van der Waals surface area contributed by atoms with Gasteiger partial charge in [0, 0.05) is 23.8 Å². The standard InChI is InChI=1S/C41H52O12/c1-22-8-12-30-23(2)39(50-34-21-40(3)17-16-29(22)41(30,34)53-52-40)51-36(44)15-14-35(43)49-25-10-11-26-28(20-33(46-5)38(48-7)37(26)47-6)27(19-25)24-9-13-32(45-4)31(42)18-24/h9,13,18-20,22-23,25,29-30,34,39,42H,8,10-12,14-17,21H2,1-7H3/t22-,23-,25?,29+,30+,34-,39+,40+,41?/m1/s1. The molecule has 288 valence electrons. The van der Waals surface area contributed by atoms with Crippen LogP contribution in [0.5, 0.6) is 28.7 Å². The third-order valence-electron chi connectivity index (χ3n) is 12.4. The molecule has 5 fully saturated rings. The average Bonchev–Trinajstić information content (AvgIpc) is 3.48. The van der Waals surface area contributed by atoms with E-state index in [1.807, 2.05) is 18.2 Å². The van der Waals surface area contributed by atoms with Gasteiger partial charge in [-0.25, -0.2) is 9.78 Å². The molecule has 0 aromatic heterocycles. The summed E-state index contributed by atoms with van der Waals surface area (Å²) < 4.78 is 41.0. The summed E-state index contributed by atoms with van der Waals surface area (Å²) in [6.45, 7) is 6.43. The number of hydrogen-bond donors (Lipinski definition) is 1. The predicted molar refractivity (Wildman–Crippen MR) is 192 cm³/mol. The Kier molecular flexibility index (Phi) is 10.3. The molecule has 3 heterocycles. The maximum Gasteiger partial charge on any atom is 0.308 e.